The third-order valence-electron chi connectivity index (χ3n) is 4.84. The van der Waals surface area contributed by atoms with Crippen LogP contribution >= 0.6 is 11.8 Å². The number of aromatic nitrogens is 2. The summed E-state index contributed by atoms with van der Waals surface area (Å²) in [4.78, 5) is 46.1. The number of benzene rings is 1. The molecular formula is C23H22N4O6S. The van der Waals surface area contributed by atoms with Crippen LogP contribution in [0.5, 0.6) is 0 Å². The highest BCUT2D eigenvalue weighted by molar-refractivity contribution is 7.99. The highest BCUT2D eigenvalue weighted by Gasteiger charge is 2.36. The first-order chi connectivity index (χ1) is 16.4. The molecule has 0 fully saturated rings. The van der Waals surface area contributed by atoms with Crippen LogP contribution in [-0.4, -0.2) is 46.9 Å². The summed E-state index contributed by atoms with van der Waals surface area (Å²) in [6.45, 7) is 3.24. The number of ether oxygens (including phenoxy) is 2. The van der Waals surface area contributed by atoms with Crippen molar-refractivity contribution in [2.24, 2.45) is 0 Å². The molecule has 3 heterocycles. The van der Waals surface area contributed by atoms with Crippen molar-refractivity contribution in [3.63, 3.8) is 0 Å². The number of rotatable bonds is 8. The first kappa shape index (κ1) is 23.3. The summed E-state index contributed by atoms with van der Waals surface area (Å²) >= 11 is 1.18. The molecule has 3 aromatic rings. The molecule has 176 valence electrons. The molecule has 0 spiro atoms. The Hall–Kier alpha value is -3.86. The van der Waals surface area contributed by atoms with Gasteiger partial charge in [0.25, 0.3) is 0 Å². The number of amides is 2. The number of para-hydroxylation sites is 2. The lowest BCUT2D eigenvalue weighted by Gasteiger charge is -2.27. The topological polar surface area (TPSA) is 133 Å². The monoisotopic (exact) mass is 482 g/mol. The molecule has 1 aromatic carbocycles. The summed E-state index contributed by atoms with van der Waals surface area (Å²) in [5, 5.41) is 5.77. The van der Waals surface area contributed by atoms with E-state index >= 15 is 0 Å². The van der Waals surface area contributed by atoms with Gasteiger partial charge in [-0.2, -0.15) is 0 Å². The minimum absolute atomic E-state index is 0.0258. The van der Waals surface area contributed by atoms with E-state index in [0.717, 1.165) is 11.0 Å². The second-order valence-corrected chi connectivity index (χ2v) is 8.23. The smallest absolute Gasteiger partial charge is 0.338 e. The largest absolute Gasteiger partial charge is 0.464 e. The van der Waals surface area contributed by atoms with Gasteiger partial charge >= 0.3 is 18.0 Å². The van der Waals surface area contributed by atoms with Crippen LogP contribution in [-0.2, 0) is 19.1 Å². The van der Waals surface area contributed by atoms with Crippen LogP contribution in [0.3, 0.4) is 0 Å². The van der Waals surface area contributed by atoms with E-state index in [0.29, 0.717) is 16.5 Å². The van der Waals surface area contributed by atoms with Gasteiger partial charge in [-0.3, -0.25) is 9.78 Å². The zero-order chi connectivity index (χ0) is 24.1. The maximum atomic E-state index is 12.7. The molecular weight excluding hydrogens is 460 g/mol. The number of furan rings is 1. The Morgan fingerprint density at radius 1 is 1.15 bits per heavy atom. The molecule has 0 saturated heterocycles. The lowest BCUT2D eigenvalue weighted by Crippen LogP contribution is -2.47. The fourth-order valence-electron chi connectivity index (χ4n) is 3.34. The summed E-state index contributed by atoms with van der Waals surface area (Å²) in [6.07, 6.45) is 1.59. The van der Waals surface area contributed by atoms with Crippen LogP contribution in [0.15, 0.2) is 63.3 Å². The number of aryl methyl sites for hydroxylation is 1. The predicted molar refractivity (Wildman–Crippen MR) is 123 cm³/mol. The fraction of sp³-hybridized carbons (Fsp3) is 0.261. The Kier molecular flexibility index (Phi) is 7.12. The Morgan fingerprint density at radius 3 is 2.68 bits per heavy atom. The van der Waals surface area contributed by atoms with E-state index in [1.54, 1.807) is 32.2 Å². The Balaban J connectivity index is 1.46. The number of hydrogen-bond acceptors (Lipinski definition) is 9. The van der Waals surface area contributed by atoms with Crippen LogP contribution in [0.4, 0.5) is 4.79 Å². The van der Waals surface area contributed by atoms with Crippen molar-refractivity contribution in [2.75, 3.05) is 19.0 Å². The third kappa shape index (κ3) is 5.37. The van der Waals surface area contributed by atoms with Crippen molar-refractivity contribution in [1.29, 1.82) is 0 Å². The lowest BCUT2D eigenvalue weighted by molar-refractivity contribution is -0.141. The molecule has 0 saturated carbocycles. The average molecular weight is 483 g/mol. The SMILES string of the molecule is CCOC(=O)C1=C(COC(=O)CSc2cnc3ccccc3n2)NC(=O)NC1c1ccc(C)o1. The Bertz CT molecular complexity index is 1270. The molecule has 1 aliphatic heterocycles. The van der Waals surface area contributed by atoms with Gasteiger partial charge in [-0.25, -0.2) is 14.6 Å². The molecule has 0 radical (unpaired) electrons. The third-order valence-corrected chi connectivity index (χ3v) is 5.71. The van der Waals surface area contributed by atoms with E-state index in [9.17, 15) is 14.4 Å². The van der Waals surface area contributed by atoms with Gasteiger partial charge in [0.1, 0.15) is 29.2 Å². The van der Waals surface area contributed by atoms with Gasteiger partial charge in [0.15, 0.2) is 0 Å². The van der Waals surface area contributed by atoms with Gasteiger partial charge < -0.3 is 24.5 Å². The number of carbonyl (C=O) groups excluding carboxylic acids is 3. The molecule has 10 nitrogen and oxygen atoms in total. The summed E-state index contributed by atoms with van der Waals surface area (Å²) < 4.78 is 16.1. The van der Waals surface area contributed by atoms with Crippen molar-refractivity contribution < 1.29 is 28.3 Å². The van der Waals surface area contributed by atoms with Crippen molar-refractivity contribution in [3.05, 3.63) is 65.4 Å². The zero-order valence-corrected chi connectivity index (χ0v) is 19.3. The molecule has 11 heteroatoms. The molecule has 1 unspecified atom stereocenters. The number of fused-ring (bicyclic) bond motifs is 1. The van der Waals surface area contributed by atoms with Gasteiger partial charge in [-0.05, 0) is 38.1 Å². The lowest BCUT2D eigenvalue weighted by atomic mass is 10.0. The van der Waals surface area contributed by atoms with Crippen LogP contribution in [0.1, 0.15) is 24.5 Å². The van der Waals surface area contributed by atoms with Gasteiger partial charge in [-0.1, -0.05) is 23.9 Å². The molecule has 0 bridgehead atoms. The number of nitrogens with one attached hydrogen (secondary N) is 2. The maximum absolute atomic E-state index is 12.7. The van der Waals surface area contributed by atoms with Gasteiger partial charge in [0.2, 0.25) is 0 Å². The van der Waals surface area contributed by atoms with Crippen LogP contribution < -0.4 is 10.6 Å². The molecule has 2 N–H and O–H groups in total. The summed E-state index contributed by atoms with van der Waals surface area (Å²) in [6, 6.07) is 9.37. The summed E-state index contributed by atoms with van der Waals surface area (Å²) in [5.41, 5.74) is 1.72. The first-order valence-electron chi connectivity index (χ1n) is 10.5. The van der Waals surface area contributed by atoms with Crippen molar-refractivity contribution in [3.8, 4) is 0 Å². The number of urea groups is 1. The van der Waals surface area contributed by atoms with E-state index in [1.165, 1.54) is 11.8 Å². The zero-order valence-electron chi connectivity index (χ0n) is 18.5. The second-order valence-electron chi connectivity index (χ2n) is 7.24. The van der Waals surface area contributed by atoms with E-state index in [4.69, 9.17) is 13.9 Å². The quantitative estimate of drug-likeness (QED) is 0.367. The number of thioether (sulfide) groups is 1. The van der Waals surface area contributed by atoms with E-state index < -0.39 is 24.0 Å². The van der Waals surface area contributed by atoms with Crippen molar-refractivity contribution in [2.45, 2.75) is 24.9 Å². The Morgan fingerprint density at radius 2 is 1.94 bits per heavy atom. The second kappa shape index (κ2) is 10.4. The van der Waals surface area contributed by atoms with Crippen LogP contribution in [0, 0.1) is 6.92 Å². The number of esters is 2. The normalized spacial score (nSPS) is 15.6. The molecule has 1 atom stereocenters. The first-order valence-corrected chi connectivity index (χ1v) is 11.5. The predicted octanol–water partition coefficient (Wildman–Crippen LogP) is 3.04. The highest BCUT2D eigenvalue weighted by Crippen LogP contribution is 2.29. The van der Waals surface area contributed by atoms with E-state index in [2.05, 4.69) is 20.6 Å². The molecule has 4 rings (SSSR count). The number of carbonyl (C=O) groups is 3. The maximum Gasteiger partial charge on any atom is 0.338 e. The molecule has 1 aliphatic rings. The fourth-order valence-corrected chi connectivity index (χ4v) is 3.98. The average Bonchev–Trinajstić information content (AvgIpc) is 3.27. The summed E-state index contributed by atoms with van der Waals surface area (Å²) in [7, 11) is 0. The molecule has 0 aliphatic carbocycles. The van der Waals surface area contributed by atoms with Gasteiger partial charge in [-0.15, -0.1) is 0 Å². The van der Waals surface area contributed by atoms with Gasteiger partial charge in [0, 0.05) is 0 Å². The Labute approximate surface area is 199 Å². The van der Waals surface area contributed by atoms with E-state index in [1.807, 2.05) is 24.3 Å². The molecule has 34 heavy (non-hydrogen) atoms. The minimum Gasteiger partial charge on any atom is -0.464 e. The minimum atomic E-state index is -0.877. The standard InChI is InChI=1S/C23H22N4O6S/c1-3-31-22(29)20-16(26-23(30)27-21(20)17-9-8-13(2)33-17)11-32-19(28)12-34-18-10-24-14-6-4-5-7-15(14)25-18/h4-10,21H,3,11-12H2,1-2H3,(H2,26,27,30). The number of hydrogen-bond donors (Lipinski definition) is 2. The van der Waals surface area contributed by atoms with Crippen LogP contribution in [0.2, 0.25) is 0 Å². The van der Waals surface area contributed by atoms with E-state index in [-0.39, 0.29) is 30.2 Å². The van der Waals surface area contributed by atoms with Crippen LogP contribution in [0.25, 0.3) is 11.0 Å². The molecule has 2 amide bonds. The summed E-state index contributed by atoms with van der Waals surface area (Å²) in [5.74, 6) is -0.241. The van der Waals surface area contributed by atoms with Crippen molar-refractivity contribution >= 4 is 40.8 Å². The van der Waals surface area contributed by atoms with Gasteiger partial charge in [0.05, 0.1) is 40.9 Å². The number of nitrogens with zero attached hydrogens (tertiary/aromatic N) is 2. The highest BCUT2D eigenvalue weighted by atomic mass is 32.2. The van der Waals surface area contributed by atoms with Crippen molar-refractivity contribution in [1.82, 2.24) is 20.6 Å². The molecule has 2 aromatic heterocycles.